The number of urea groups is 1. The van der Waals surface area contributed by atoms with Crippen molar-refractivity contribution in [3.63, 3.8) is 0 Å². The number of aromatic nitrogens is 4. The number of benzene rings is 2. The molecule has 0 atom stereocenters. The lowest BCUT2D eigenvalue weighted by Gasteiger charge is -2.30. The van der Waals surface area contributed by atoms with E-state index in [1.54, 1.807) is 22.1 Å². The van der Waals surface area contributed by atoms with Gasteiger partial charge in [-0.2, -0.15) is 31.4 Å². The third-order valence-electron chi connectivity index (χ3n) is 5.82. The minimum Gasteiger partial charge on any atom is -0.383 e. The van der Waals surface area contributed by atoms with E-state index in [4.69, 9.17) is 5.73 Å². The molecule has 212 valence electrons. The van der Waals surface area contributed by atoms with Gasteiger partial charge in [0.25, 0.3) is 0 Å². The summed E-state index contributed by atoms with van der Waals surface area (Å²) < 4.78 is 109. The fourth-order valence-electron chi connectivity index (χ4n) is 3.88. The van der Waals surface area contributed by atoms with Gasteiger partial charge in [-0.15, -0.1) is 0 Å². The zero-order valence-corrected chi connectivity index (χ0v) is 20.5. The first-order chi connectivity index (χ1) is 18.5. The van der Waals surface area contributed by atoms with Gasteiger partial charge in [0.15, 0.2) is 5.65 Å². The van der Waals surface area contributed by atoms with Crippen molar-refractivity contribution in [3.8, 4) is 11.3 Å². The zero-order chi connectivity index (χ0) is 29.6. The molecule has 0 aliphatic rings. The molecule has 2 amide bonds. The molecule has 4 rings (SSSR count). The van der Waals surface area contributed by atoms with Crippen molar-refractivity contribution in [3.05, 3.63) is 60.2 Å². The molecule has 0 radical (unpaired) electrons. The van der Waals surface area contributed by atoms with Crippen molar-refractivity contribution in [1.82, 2.24) is 19.7 Å². The topological polar surface area (TPSA) is 111 Å². The van der Waals surface area contributed by atoms with Gasteiger partial charge in [0.05, 0.1) is 11.1 Å². The second-order valence-corrected chi connectivity index (χ2v) is 8.85. The monoisotopic (exact) mass is 573 g/mol. The van der Waals surface area contributed by atoms with E-state index >= 15 is 0 Å². The van der Waals surface area contributed by atoms with Gasteiger partial charge in [-0.3, -0.25) is 0 Å². The van der Waals surface area contributed by atoms with Crippen LogP contribution in [-0.2, 0) is 5.67 Å². The molecule has 4 N–H and O–H groups in total. The molecule has 0 saturated carbocycles. The molecule has 0 aliphatic carbocycles. The molecule has 2 aromatic carbocycles. The Bertz CT molecular complexity index is 1550. The summed E-state index contributed by atoms with van der Waals surface area (Å²) in [6.07, 6.45) is -11.5. The SMILES string of the molecule is CC(C)n1nc(-c2ccc(NC(=O)Nc3cc(C(F)(C(F)(F)F)C(F)(F)F)ccc3F)cc2)c2c(N)ncnc21. The minimum absolute atomic E-state index is 0.000221. The summed E-state index contributed by atoms with van der Waals surface area (Å²) in [6, 6.07) is 4.72. The molecule has 0 unspecified atom stereocenters. The van der Waals surface area contributed by atoms with Gasteiger partial charge in [-0.25, -0.2) is 28.2 Å². The maximum Gasteiger partial charge on any atom is 0.435 e. The van der Waals surface area contributed by atoms with Crippen LogP contribution in [0.2, 0.25) is 0 Å². The Morgan fingerprint density at radius 3 is 2.12 bits per heavy atom. The second kappa shape index (κ2) is 9.91. The van der Waals surface area contributed by atoms with Crippen molar-refractivity contribution in [2.45, 2.75) is 37.9 Å². The van der Waals surface area contributed by atoms with Crippen LogP contribution in [-0.4, -0.2) is 38.1 Å². The van der Waals surface area contributed by atoms with Gasteiger partial charge in [0.1, 0.15) is 23.7 Å². The summed E-state index contributed by atoms with van der Waals surface area (Å²) in [4.78, 5) is 20.6. The second-order valence-electron chi connectivity index (χ2n) is 8.85. The van der Waals surface area contributed by atoms with E-state index in [2.05, 4.69) is 20.4 Å². The van der Waals surface area contributed by atoms with Crippen LogP contribution in [0, 0.1) is 5.82 Å². The Morgan fingerprint density at radius 1 is 0.925 bits per heavy atom. The molecule has 0 spiro atoms. The molecular weight excluding hydrogens is 554 g/mol. The summed E-state index contributed by atoms with van der Waals surface area (Å²) in [5.74, 6) is -1.21. The van der Waals surface area contributed by atoms with Crippen molar-refractivity contribution in [2.75, 3.05) is 16.4 Å². The molecular formula is C24H19F8N7O. The molecule has 0 fully saturated rings. The Morgan fingerprint density at radius 2 is 1.55 bits per heavy atom. The van der Waals surface area contributed by atoms with Crippen molar-refractivity contribution in [2.24, 2.45) is 0 Å². The molecule has 40 heavy (non-hydrogen) atoms. The molecule has 0 bridgehead atoms. The molecule has 2 aromatic heterocycles. The third-order valence-corrected chi connectivity index (χ3v) is 5.82. The fraction of sp³-hybridized carbons (Fsp3) is 0.250. The average molecular weight is 573 g/mol. The smallest absolute Gasteiger partial charge is 0.383 e. The lowest BCUT2D eigenvalue weighted by molar-refractivity contribution is -0.348. The van der Waals surface area contributed by atoms with E-state index in [1.807, 2.05) is 13.8 Å². The highest BCUT2D eigenvalue weighted by molar-refractivity contribution is 6.01. The van der Waals surface area contributed by atoms with Crippen molar-refractivity contribution >= 4 is 34.3 Å². The fourth-order valence-corrected chi connectivity index (χ4v) is 3.88. The number of nitrogens with one attached hydrogen (secondary N) is 2. The number of anilines is 3. The van der Waals surface area contributed by atoms with Crippen LogP contribution in [0.3, 0.4) is 0 Å². The Labute approximate surface area is 220 Å². The van der Waals surface area contributed by atoms with Gasteiger partial charge in [0, 0.05) is 22.9 Å². The highest BCUT2D eigenvalue weighted by atomic mass is 19.4. The summed E-state index contributed by atoms with van der Waals surface area (Å²) in [5.41, 5.74) is -1.23. The number of fused-ring (bicyclic) bond motifs is 1. The highest BCUT2D eigenvalue weighted by Gasteiger charge is 2.73. The summed E-state index contributed by atoms with van der Waals surface area (Å²) in [5, 5.41) is 9.08. The first-order valence-electron chi connectivity index (χ1n) is 11.3. The van der Waals surface area contributed by atoms with Gasteiger partial charge < -0.3 is 16.4 Å². The average Bonchev–Trinajstić information content (AvgIpc) is 3.25. The number of hydrogen-bond donors (Lipinski definition) is 3. The zero-order valence-electron chi connectivity index (χ0n) is 20.5. The number of nitrogens with zero attached hydrogens (tertiary/aromatic N) is 4. The molecule has 16 heteroatoms. The first kappa shape index (κ1) is 28.5. The Hall–Kier alpha value is -4.50. The van der Waals surface area contributed by atoms with Gasteiger partial charge in [0.2, 0.25) is 0 Å². The first-order valence-corrected chi connectivity index (χ1v) is 11.3. The standard InChI is InChI=1S/C24H19F8N7O/c1-11(2)39-20-17(19(33)34-10-35-20)18(38-39)12-3-6-14(7-4-12)36-21(40)37-16-9-13(5-8-15(16)25)22(26,23(27,28)29)24(30,31)32/h3-11H,1-2H3,(H2,33,34,35)(H2,36,37,40). The van der Waals surface area contributed by atoms with E-state index in [0.29, 0.717) is 22.3 Å². The van der Waals surface area contributed by atoms with Crippen LogP contribution in [0.4, 0.5) is 57.1 Å². The van der Waals surface area contributed by atoms with E-state index in [-0.39, 0.29) is 35.7 Å². The van der Waals surface area contributed by atoms with Crippen LogP contribution in [0.25, 0.3) is 22.3 Å². The van der Waals surface area contributed by atoms with Crippen molar-refractivity contribution < 1.29 is 39.9 Å². The van der Waals surface area contributed by atoms with Crippen LogP contribution >= 0.6 is 0 Å². The number of amides is 2. The van der Waals surface area contributed by atoms with E-state index < -0.39 is 41.1 Å². The Balaban J connectivity index is 1.57. The molecule has 8 nitrogen and oxygen atoms in total. The normalized spacial score (nSPS) is 12.7. The summed E-state index contributed by atoms with van der Waals surface area (Å²) >= 11 is 0. The number of nitrogens with two attached hydrogens (primary N) is 1. The number of alkyl halides is 7. The number of rotatable bonds is 5. The van der Waals surface area contributed by atoms with E-state index in [1.165, 1.54) is 18.5 Å². The molecule has 2 heterocycles. The number of hydrogen-bond acceptors (Lipinski definition) is 5. The van der Waals surface area contributed by atoms with Gasteiger partial charge in [-0.05, 0) is 38.1 Å². The molecule has 4 aromatic rings. The summed E-state index contributed by atoms with van der Waals surface area (Å²) in [7, 11) is 0. The van der Waals surface area contributed by atoms with E-state index in [0.717, 1.165) is 0 Å². The maximum absolute atomic E-state index is 14.4. The lowest BCUT2D eigenvalue weighted by Crippen LogP contribution is -2.50. The maximum atomic E-state index is 14.4. The number of halogens is 8. The number of carbonyl (C=O) groups excluding carboxylic acids is 1. The number of carbonyl (C=O) groups is 1. The van der Waals surface area contributed by atoms with Crippen LogP contribution in [0.15, 0.2) is 48.8 Å². The predicted molar refractivity (Wildman–Crippen MR) is 129 cm³/mol. The van der Waals surface area contributed by atoms with Crippen LogP contribution in [0.5, 0.6) is 0 Å². The quantitative estimate of drug-likeness (QED) is 0.230. The molecule has 0 aliphatic heterocycles. The van der Waals surface area contributed by atoms with E-state index in [9.17, 15) is 39.9 Å². The van der Waals surface area contributed by atoms with Gasteiger partial charge in [-0.1, -0.05) is 18.2 Å². The molecule has 0 saturated heterocycles. The van der Waals surface area contributed by atoms with Crippen LogP contribution in [0.1, 0.15) is 25.5 Å². The van der Waals surface area contributed by atoms with Crippen molar-refractivity contribution in [1.29, 1.82) is 0 Å². The highest BCUT2D eigenvalue weighted by Crippen LogP contribution is 2.53. The minimum atomic E-state index is -6.41. The largest absolute Gasteiger partial charge is 0.435 e. The Kier molecular flexibility index (Phi) is 7.06. The van der Waals surface area contributed by atoms with Gasteiger partial charge >= 0.3 is 24.1 Å². The third kappa shape index (κ3) is 4.96. The predicted octanol–water partition coefficient (Wildman–Crippen LogP) is 6.73. The lowest BCUT2D eigenvalue weighted by atomic mass is 9.93. The van der Waals surface area contributed by atoms with Crippen LogP contribution < -0.4 is 16.4 Å². The number of nitrogen functional groups attached to an aromatic ring is 1. The summed E-state index contributed by atoms with van der Waals surface area (Å²) in [6.45, 7) is 3.77.